The van der Waals surface area contributed by atoms with Gasteiger partial charge in [-0.15, -0.1) is 0 Å². The van der Waals surface area contributed by atoms with Crippen molar-refractivity contribution in [2.45, 2.75) is 0 Å². The van der Waals surface area contributed by atoms with Gasteiger partial charge in [0.05, 0.1) is 11.9 Å². The summed E-state index contributed by atoms with van der Waals surface area (Å²) in [5.74, 6) is -3.09. The van der Waals surface area contributed by atoms with Crippen LogP contribution >= 0.6 is 0 Å². The van der Waals surface area contributed by atoms with Crippen LogP contribution in [0.4, 0.5) is 0 Å². The molecule has 0 saturated carbocycles. The zero-order chi connectivity index (χ0) is 6.57. The third-order valence-corrected chi connectivity index (χ3v) is 0.355. The van der Waals surface area contributed by atoms with Gasteiger partial charge in [0.25, 0.3) is 0 Å². The predicted molar refractivity (Wildman–Crippen MR) is 19.2 cm³/mol. The minimum Gasteiger partial charge on any atom is -0.545 e. The Balaban J connectivity index is 0. The molecule has 5 heteroatoms. The molecule has 0 aromatic rings. The molecule has 4 nitrogen and oxygen atoms in total. The van der Waals surface area contributed by atoms with Crippen molar-refractivity contribution in [3.8, 4) is 0 Å². The molecule has 9 heavy (non-hydrogen) atoms. The van der Waals surface area contributed by atoms with Crippen LogP contribution < -0.4 is 10.2 Å². The van der Waals surface area contributed by atoms with Gasteiger partial charge >= 0.3 is 19.5 Å². The van der Waals surface area contributed by atoms with Crippen molar-refractivity contribution in [1.82, 2.24) is 0 Å². The summed E-state index contributed by atoms with van der Waals surface area (Å²) < 4.78 is 0. The summed E-state index contributed by atoms with van der Waals surface area (Å²) in [6.45, 7) is 0. The van der Waals surface area contributed by atoms with Crippen LogP contribution in [0, 0.1) is 0 Å². The smallest absolute Gasteiger partial charge is 0.545 e. The number of carbonyl (C=O) groups excluding carboxylic acids is 2. The summed E-state index contributed by atoms with van der Waals surface area (Å²) in [6, 6.07) is 0. The van der Waals surface area contributed by atoms with Gasteiger partial charge in [0.2, 0.25) is 0 Å². The molecule has 0 aromatic carbocycles. The molecule has 0 aliphatic heterocycles. The van der Waals surface area contributed by atoms with E-state index in [-0.39, 0.29) is 19.5 Å². The Hall–Kier alpha value is -0.697. The van der Waals surface area contributed by atoms with E-state index in [1.54, 1.807) is 0 Å². The Labute approximate surface area is 63.9 Å². The van der Waals surface area contributed by atoms with Crippen molar-refractivity contribution >= 4 is 11.9 Å². The standard InChI is InChI=1S/C4H4O4.Zn/c5-3(6)1-2-4(7)8;/h1-2H,(H,5,6)(H,7,8);/q;+2/p-2/b2-1+;. The summed E-state index contributed by atoms with van der Waals surface area (Å²) in [5.41, 5.74) is 0. The van der Waals surface area contributed by atoms with Crippen LogP contribution in [0.3, 0.4) is 0 Å². The Morgan fingerprint density at radius 3 is 1.33 bits per heavy atom. The van der Waals surface area contributed by atoms with E-state index in [2.05, 4.69) is 0 Å². The summed E-state index contributed by atoms with van der Waals surface area (Å²) in [5, 5.41) is 18.8. The third kappa shape index (κ3) is 11.1. The third-order valence-electron chi connectivity index (χ3n) is 0.355. The van der Waals surface area contributed by atoms with Crippen LogP contribution in [-0.4, -0.2) is 11.9 Å². The molecule has 0 unspecified atom stereocenters. The quantitative estimate of drug-likeness (QED) is 0.335. The summed E-state index contributed by atoms with van der Waals surface area (Å²) in [7, 11) is 0. The Morgan fingerprint density at radius 2 is 1.22 bits per heavy atom. The van der Waals surface area contributed by atoms with Gasteiger partial charge in [-0.3, -0.25) is 0 Å². The van der Waals surface area contributed by atoms with E-state index in [1.807, 2.05) is 0 Å². The monoisotopic (exact) mass is 178 g/mol. The second kappa shape index (κ2) is 5.44. The number of aliphatic carboxylic acids is 2. The second-order valence-corrected chi connectivity index (χ2v) is 0.971. The van der Waals surface area contributed by atoms with Gasteiger partial charge in [0.1, 0.15) is 0 Å². The van der Waals surface area contributed by atoms with Crippen LogP contribution in [0.25, 0.3) is 0 Å². The Kier molecular flexibility index (Phi) is 6.74. The largest absolute Gasteiger partial charge is 2.00 e. The molecule has 0 amide bonds. The second-order valence-electron chi connectivity index (χ2n) is 0.971. The van der Waals surface area contributed by atoms with E-state index in [1.165, 1.54) is 0 Å². The average molecular weight is 179 g/mol. The molecule has 0 N–H and O–H groups in total. The normalized spacial score (nSPS) is 8.44. The van der Waals surface area contributed by atoms with E-state index in [0.717, 1.165) is 0 Å². The van der Waals surface area contributed by atoms with Crippen LogP contribution in [0.2, 0.25) is 0 Å². The summed E-state index contributed by atoms with van der Waals surface area (Å²) in [6.07, 6.45) is 0.769. The first kappa shape index (κ1) is 11.1. The predicted octanol–water partition coefficient (Wildman–Crippen LogP) is -2.96. The molecule has 0 aliphatic carbocycles. The van der Waals surface area contributed by atoms with Crippen molar-refractivity contribution in [3.05, 3.63) is 12.2 Å². The van der Waals surface area contributed by atoms with Crippen molar-refractivity contribution < 1.29 is 39.3 Å². The molecule has 44 valence electrons. The maximum absolute atomic E-state index is 9.41. The van der Waals surface area contributed by atoms with Gasteiger partial charge in [-0.25, -0.2) is 0 Å². The van der Waals surface area contributed by atoms with Crippen LogP contribution in [0.1, 0.15) is 0 Å². The Morgan fingerprint density at radius 1 is 1.00 bits per heavy atom. The number of carboxylic acids is 2. The first-order valence-electron chi connectivity index (χ1n) is 1.73. The molecule has 0 spiro atoms. The fraction of sp³-hybridized carbons (Fsp3) is 0. The average Bonchev–Trinajstić information content (AvgIpc) is 1.61. The summed E-state index contributed by atoms with van der Waals surface area (Å²) >= 11 is 0. The molecule has 0 heterocycles. The number of carboxylic acid groups (broad SMARTS) is 2. The van der Waals surface area contributed by atoms with E-state index in [4.69, 9.17) is 0 Å². The minimum absolute atomic E-state index is 0. The van der Waals surface area contributed by atoms with Crippen molar-refractivity contribution in [2.24, 2.45) is 0 Å². The van der Waals surface area contributed by atoms with Crippen molar-refractivity contribution in [1.29, 1.82) is 0 Å². The van der Waals surface area contributed by atoms with Crippen LogP contribution in [0.5, 0.6) is 0 Å². The molecule has 0 saturated heterocycles. The maximum Gasteiger partial charge on any atom is 2.00 e. The minimum atomic E-state index is -1.55. The Bertz CT molecular complexity index is 124. The van der Waals surface area contributed by atoms with Crippen molar-refractivity contribution in [2.75, 3.05) is 0 Å². The fourth-order valence-corrected chi connectivity index (χ4v) is 0.136. The van der Waals surface area contributed by atoms with Crippen LogP contribution in [0.15, 0.2) is 12.2 Å². The first-order valence-corrected chi connectivity index (χ1v) is 1.73. The van der Waals surface area contributed by atoms with Gasteiger partial charge in [0.15, 0.2) is 0 Å². The van der Waals surface area contributed by atoms with Gasteiger partial charge in [-0.1, -0.05) is 0 Å². The van der Waals surface area contributed by atoms with Gasteiger partial charge in [-0.05, 0) is 12.2 Å². The molecule has 0 radical (unpaired) electrons. The molecule has 0 bridgehead atoms. The van der Waals surface area contributed by atoms with E-state index in [0.29, 0.717) is 12.2 Å². The number of rotatable bonds is 2. The number of carbonyl (C=O) groups is 2. The van der Waals surface area contributed by atoms with E-state index >= 15 is 0 Å². The molecular formula is C4H2O4Zn. The van der Waals surface area contributed by atoms with E-state index in [9.17, 15) is 19.8 Å². The number of hydrogen-bond acceptors (Lipinski definition) is 4. The zero-order valence-electron chi connectivity index (χ0n) is 4.49. The molecule has 0 aliphatic rings. The molecule has 0 rings (SSSR count). The van der Waals surface area contributed by atoms with Gasteiger partial charge < -0.3 is 19.8 Å². The topological polar surface area (TPSA) is 80.3 Å². The van der Waals surface area contributed by atoms with Gasteiger partial charge in [0, 0.05) is 0 Å². The molecular weight excluding hydrogens is 177 g/mol. The maximum atomic E-state index is 9.41. The number of hydrogen-bond donors (Lipinski definition) is 0. The van der Waals surface area contributed by atoms with Crippen LogP contribution in [-0.2, 0) is 29.1 Å². The first-order chi connectivity index (χ1) is 3.63. The molecule has 0 fully saturated rings. The fourth-order valence-electron chi connectivity index (χ4n) is 0.136. The summed E-state index contributed by atoms with van der Waals surface area (Å²) in [4.78, 5) is 18.8. The van der Waals surface area contributed by atoms with Crippen molar-refractivity contribution in [3.63, 3.8) is 0 Å². The van der Waals surface area contributed by atoms with E-state index < -0.39 is 11.9 Å². The molecule has 0 atom stereocenters. The molecule has 0 aromatic heterocycles. The van der Waals surface area contributed by atoms with Gasteiger partial charge in [-0.2, -0.15) is 0 Å². The SMILES string of the molecule is O=C([O-])/C=C/C(=O)[O-].[Zn+2]. The zero-order valence-corrected chi connectivity index (χ0v) is 7.46.